The molecule has 1 heterocycles. The number of rotatable bonds is 4. The number of hydrogen-bond acceptors (Lipinski definition) is 3. The molecule has 1 aromatic carbocycles. The normalized spacial score (nSPS) is 21.9. The van der Waals surface area contributed by atoms with Gasteiger partial charge in [-0.3, -0.25) is 0 Å². The van der Waals surface area contributed by atoms with Gasteiger partial charge in [-0.15, -0.1) is 0 Å². The summed E-state index contributed by atoms with van der Waals surface area (Å²) < 4.78 is 0. The smallest absolute Gasteiger partial charge is 0.0367 e. The molecule has 2 unspecified atom stereocenters. The lowest BCUT2D eigenvalue weighted by Crippen LogP contribution is -2.37. The van der Waals surface area contributed by atoms with Gasteiger partial charge in [0.25, 0.3) is 0 Å². The summed E-state index contributed by atoms with van der Waals surface area (Å²) in [6.07, 6.45) is 1.27. The number of hydrogen-bond donors (Lipinski definition) is 1. The van der Waals surface area contributed by atoms with Gasteiger partial charge in [0.2, 0.25) is 0 Å². The molecule has 1 fully saturated rings. The van der Waals surface area contributed by atoms with Crippen LogP contribution in [-0.4, -0.2) is 31.1 Å². The predicted octanol–water partition coefficient (Wildman–Crippen LogP) is 3.30. The molecular weight excluding hydrogens is 240 g/mol. The lowest BCUT2D eigenvalue weighted by Gasteiger charge is -2.33. The Morgan fingerprint density at radius 1 is 1.39 bits per heavy atom. The van der Waals surface area contributed by atoms with Crippen LogP contribution in [0.4, 0.5) is 5.69 Å². The average Bonchev–Trinajstić information content (AvgIpc) is 2.46. The van der Waals surface area contributed by atoms with E-state index in [1.54, 1.807) is 0 Å². The van der Waals surface area contributed by atoms with Gasteiger partial charge in [-0.05, 0) is 38.1 Å². The van der Waals surface area contributed by atoms with Crippen LogP contribution in [-0.2, 0) is 0 Å². The van der Waals surface area contributed by atoms with E-state index in [1.165, 1.54) is 36.5 Å². The van der Waals surface area contributed by atoms with Crippen LogP contribution in [0.5, 0.6) is 0 Å². The third-order valence-electron chi connectivity index (χ3n) is 3.79. The molecule has 0 aliphatic carbocycles. The number of nitrogens with one attached hydrogen (secondary N) is 1. The Morgan fingerprint density at radius 2 is 2.11 bits per heavy atom. The first-order valence-corrected chi connectivity index (χ1v) is 7.93. The Morgan fingerprint density at radius 3 is 2.72 bits per heavy atom. The molecule has 1 saturated heterocycles. The third kappa shape index (κ3) is 3.21. The molecular formula is C15H24N2S. The van der Waals surface area contributed by atoms with Gasteiger partial charge in [-0.2, -0.15) is 11.8 Å². The lowest BCUT2D eigenvalue weighted by molar-refractivity contribution is 0.652. The maximum Gasteiger partial charge on any atom is 0.0367 e. The molecule has 0 aromatic heterocycles. The van der Waals surface area contributed by atoms with Crippen LogP contribution in [0.3, 0.4) is 0 Å². The summed E-state index contributed by atoms with van der Waals surface area (Å²) in [6.45, 7) is 6.86. The van der Waals surface area contributed by atoms with Crippen molar-refractivity contribution in [1.29, 1.82) is 0 Å². The van der Waals surface area contributed by atoms with E-state index in [0.29, 0.717) is 6.04 Å². The zero-order valence-corrected chi connectivity index (χ0v) is 12.5. The van der Waals surface area contributed by atoms with Gasteiger partial charge in [0, 0.05) is 35.8 Å². The summed E-state index contributed by atoms with van der Waals surface area (Å²) >= 11 is 2.12. The van der Waals surface area contributed by atoms with Gasteiger partial charge >= 0.3 is 0 Å². The van der Waals surface area contributed by atoms with Crippen molar-refractivity contribution in [1.82, 2.24) is 5.32 Å². The van der Waals surface area contributed by atoms with Crippen molar-refractivity contribution in [2.75, 3.05) is 30.8 Å². The van der Waals surface area contributed by atoms with Crippen LogP contribution in [0.2, 0.25) is 0 Å². The third-order valence-corrected chi connectivity index (χ3v) is 5.16. The lowest BCUT2D eigenvalue weighted by atomic mass is 10.1. The second kappa shape index (κ2) is 6.48. The molecule has 2 rings (SSSR count). The van der Waals surface area contributed by atoms with E-state index in [4.69, 9.17) is 0 Å². The predicted molar refractivity (Wildman–Crippen MR) is 82.7 cm³/mol. The standard InChI is InChI=1S/C15H24N2S/c1-4-15-11-17(9-10-18-15)14-7-5-13(6-8-14)12(2)16-3/h5-8,12,15-16H,4,9-11H2,1-3H3. The maximum atomic E-state index is 3.28. The average molecular weight is 264 g/mol. The van der Waals surface area contributed by atoms with Crippen molar-refractivity contribution >= 4 is 17.4 Å². The fourth-order valence-electron chi connectivity index (χ4n) is 2.34. The molecule has 0 saturated carbocycles. The molecule has 1 aliphatic heterocycles. The molecule has 1 aliphatic rings. The highest BCUT2D eigenvalue weighted by atomic mass is 32.2. The molecule has 0 amide bonds. The molecule has 18 heavy (non-hydrogen) atoms. The SMILES string of the molecule is CCC1CN(c2ccc(C(C)NC)cc2)CCS1. The molecule has 100 valence electrons. The van der Waals surface area contributed by atoms with E-state index in [0.717, 1.165) is 5.25 Å². The summed E-state index contributed by atoms with van der Waals surface area (Å²) in [5, 5.41) is 4.08. The largest absolute Gasteiger partial charge is 0.370 e. The Bertz CT molecular complexity index is 363. The topological polar surface area (TPSA) is 15.3 Å². The summed E-state index contributed by atoms with van der Waals surface area (Å²) in [5.74, 6) is 1.26. The first-order chi connectivity index (χ1) is 8.74. The highest BCUT2D eigenvalue weighted by Crippen LogP contribution is 2.26. The van der Waals surface area contributed by atoms with E-state index in [-0.39, 0.29) is 0 Å². The van der Waals surface area contributed by atoms with E-state index in [1.807, 2.05) is 7.05 Å². The number of anilines is 1. The van der Waals surface area contributed by atoms with Crippen LogP contribution in [0.25, 0.3) is 0 Å². The molecule has 1 aromatic rings. The van der Waals surface area contributed by atoms with E-state index < -0.39 is 0 Å². The fraction of sp³-hybridized carbons (Fsp3) is 0.600. The molecule has 0 spiro atoms. The number of benzene rings is 1. The molecule has 2 nitrogen and oxygen atoms in total. The summed E-state index contributed by atoms with van der Waals surface area (Å²) in [5.41, 5.74) is 2.74. The van der Waals surface area contributed by atoms with Gasteiger partial charge in [0.1, 0.15) is 0 Å². The number of nitrogens with zero attached hydrogens (tertiary/aromatic N) is 1. The van der Waals surface area contributed by atoms with Crippen molar-refractivity contribution < 1.29 is 0 Å². The minimum Gasteiger partial charge on any atom is -0.370 e. The Balaban J connectivity index is 2.04. The monoisotopic (exact) mass is 264 g/mol. The molecule has 2 atom stereocenters. The highest BCUT2D eigenvalue weighted by Gasteiger charge is 2.19. The minimum atomic E-state index is 0.430. The Hall–Kier alpha value is -0.670. The van der Waals surface area contributed by atoms with E-state index >= 15 is 0 Å². The van der Waals surface area contributed by atoms with Crippen molar-refractivity contribution in [2.45, 2.75) is 31.6 Å². The van der Waals surface area contributed by atoms with Crippen molar-refractivity contribution in [3.05, 3.63) is 29.8 Å². The summed E-state index contributed by atoms with van der Waals surface area (Å²) in [7, 11) is 2.01. The van der Waals surface area contributed by atoms with Crippen molar-refractivity contribution in [3.8, 4) is 0 Å². The maximum absolute atomic E-state index is 3.28. The van der Waals surface area contributed by atoms with E-state index in [2.05, 4.69) is 60.1 Å². The molecule has 1 N–H and O–H groups in total. The Kier molecular flexibility index (Phi) is 4.95. The van der Waals surface area contributed by atoms with Crippen LogP contribution in [0, 0.1) is 0 Å². The minimum absolute atomic E-state index is 0.430. The van der Waals surface area contributed by atoms with E-state index in [9.17, 15) is 0 Å². The van der Waals surface area contributed by atoms with Gasteiger partial charge in [-0.25, -0.2) is 0 Å². The first-order valence-electron chi connectivity index (χ1n) is 6.88. The van der Waals surface area contributed by atoms with Crippen LogP contribution >= 0.6 is 11.8 Å². The zero-order valence-electron chi connectivity index (χ0n) is 11.6. The molecule has 3 heteroatoms. The van der Waals surface area contributed by atoms with Gasteiger partial charge in [0.15, 0.2) is 0 Å². The molecule has 0 bridgehead atoms. The summed E-state index contributed by atoms with van der Waals surface area (Å²) in [4.78, 5) is 2.53. The quantitative estimate of drug-likeness (QED) is 0.898. The van der Waals surface area contributed by atoms with Crippen molar-refractivity contribution in [3.63, 3.8) is 0 Å². The second-order valence-corrected chi connectivity index (χ2v) is 6.36. The van der Waals surface area contributed by atoms with Crippen LogP contribution in [0.15, 0.2) is 24.3 Å². The van der Waals surface area contributed by atoms with Gasteiger partial charge in [0.05, 0.1) is 0 Å². The Labute approximate surface area is 115 Å². The zero-order chi connectivity index (χ0) is 13.0. The van der Waals surface area contributed by atoms with Gasteiger partial charge < -0.3 is 10.2 Å². The second-order valence-electron chi connectivity index (χ2n) is 4.95. The van der Waals surface area contributed by atoms with Crippen molar-refractivity contribution in [2.24, 2.45) is 0 Å². The fourth-order valence-corrected chi connectivity index (χ4v) is 3.52. The van der Waals surface area contributed by atoms with Crippen LogP contribution in [0.1, 0.15) is 31.9 Å². The highest BCUT2D eigenvalue weighted by molar-refractivity contribution is 8.00. The van der Waals surface area contributed by atoms with Gasteiger partial charge in [-0.1, -0.05) is 19.1 Å². The summed E-state index contributed by atoms with van der Waals surface area (Å²) in [6, 6.07) is 9.47. The molecule has 0 radical (unpaired) electrons. The number of thioether (sulfide) groups is 1. The first kappa shape index (κ1) is 13.8. The van der Waals surface area contributed by atoms with Crippen LogP contribution < -0.4 is 10.2 Å².